The van der Waals surface area contributed by atoms with E-state index in [1.807, 2.05) is 36.4 Å². The van der Waals surface area contributed by atoms with E-state index in [0.29, 0.717) is 6.04 Å². The van der Waals surface area contributed by atoms with Gasteiger partial charge in [0.25, 0.3) is 0 Å². The lowest BCUT2D eigenvalue weighted by Crippen LogP contribution is -2.27. The number of hydrogen-bond donors (Lipinski definition) is 1. The maximum atomic E-state index is 11.4. The molecule has 0 unspecified atom stereocenters. The fourth-order valence-electron chi connectivity index (χ4n) is 2.32. The molecule has 118 valence electrons. The molecule has 0 heterocycles. The normalized spacial score (nSPS) is 13.6. The van der Waals surface area contributed by atoms with E-state index >= 15 is 0 Å². The van der Waals surface area contributed by atoms with E-state index in [2.05, 4.69) is 24.4 Å². The number of methoxy groups -OCH3 is 1. The van der Waals surface area contributed by atoms with Crippen LogP contribution in [-0.2, 0) is 23.8 Å². The Labute approximate surface area is 135 Å². The second-order valence-electron chi connectivity index (χ2n) is 5.44. The Morgan fingerprint density at radius 2 is 1.86 bits per heavy atom. The van der Waals surface area contributed by atoms with Gasteiger partial charge in [-0.1, -0.05) is 24.3 Å². The van der Waals surface area contributed by atoms with Crippen LogP contribution in [-0.4, -0.2) is 23.6 Å². The number of ether oxygens (including phenoxy) is 1. The van der Waals surface area contributed by atoms with Crippen molar-refractivity contribution in [3.63, 3.8) is 0 Å². The van der Waals surface area contributed by atoms with Crippen LogP contribution in [0.25, 0.3) is 0 Å². The Hall–Kier alpha value is -1.65. The third kappa shape index (κ3) is 4.97. The van der Waals surface area contributed by atoms with Crippen LogP contribution >= 0.6 is 0 Å². The van der Waals surface area contributed by atoms with Gasteiger partial charge in [-0.3, -0.25) is 4.21 Å². The maximum Gasteiger partial charge on any atom is 0.119 e. The largest absolute Gasteiger partial charge is 0.497 e. The van der Waals surface area contributed by atoms with Crippen molar-refractivity contribution in [1.29, 1.82) is 0 Å². The summed E-state index contributed by atoms with van der Waals surface area (Å²) in [6.45, 7) is 2.98. The van der Waals surface area contributed by atoms with Gasteiger partial charge in [-0.2, -0.15) is 0 Å². The first-order chi connectivity index (χ1) is 10.6. The van der Waals surface area contributed by atoms with Crippen LogP contribution in [0.1, 0.15) is 18.1 Å². The summed E-state index contributed by atoms with van der Waals surface area (Å²) in [4.78, 5) is 0.869. The Morgan fingerprint density at radius 3 is 2.50 bits per heavy atom. The van der Waals surface area contributed by atoms with Crippen LogP contribution < -0.4 is 10.1 Å². The van der Waals surface area contributed by atoms with Gasteiger partial charge >= 0.3 is 0 Å². The highest BCUT2D eigenvalue weighted by Gasteiger charge is 2.05. The van der Waals surface area contributed by atoms with E-state index in [0.717, 1.165) is 23.6 Å². The minimum atomic E-state index is -0.912. The second kappa shape index (κ2) is 8.11. The summed E-state index contributed by atoms with van der Waals surface area (Å²) >= 11 is 0. The summed E-state index contributed by atoms with van der Waals surface area (Å²) in [6, 6.07) is 16.5. The molecule has 0 aliphatic rings. The topological polar surface area (TPSA) is 38.3 Å². The van der Waals surface area contributed by atoms with Gasteiger partial charge < -0.3 is 10.1 Å². The van der Waals surface area contributed by atoms with E-state index in [1.165, 1.54) is 11.1 Å². The fraction of sp³-hybridized carbons (Fsp3) is 0.333. The van der Waals surface area contributed by atoms with Crippen molar-refractivity contribution in [1.82, 2.24) is 5.32 Å². The van der Waals surface area contributed by atoms with Crippen LogP contribution in [0.5, 0.6) is 5.75 Å². The third-order valence-corrected chi connectivity index (χ3v) is 4.52. The van der Waals surface area contributed by atoms with Gasteiger partial charge in [-0.15, -0.1) is 0 Å². The van der Waals surface area contributed by atoms with Crippen molar-refractivity contribution in [2.24, 2.45) is 0 Å². The van der Waals surface area contributed by atoms with Crippen molar-refractivity contribution in [3.8, 4) is 5.75 Å². The molecule has 0 amide bonds. The van der Waals surface area contributed by atoms with Crippen LogP contribution in [0, 0.1) is 0 Å². The minimum absolute atomic E-state index is 0.368. The number of rotatable bonds is 7. The Morgan fingerprint density at radius 1 is 1.14 bits per heavy atom. The third-order valence-electron chi connectivity index (χ3n) is 3.59. The summed E-state index contributed by atoms with van der Waals surface area (Å²) in [5.41, 5.74) is 2.46. The average Bonchev–Trinajstić information content (AvgIpc) is 2.53. The molecule has 0 saturated heterocycles. The summed E-state index contributed by atoms with van der Waals surface area (Å²) in [5, 5.41) is 3.52. The Balaban J connectivity index is 1.86. The van der Waals surface area contributed by atoms with Crippen molar-refractivity contribution in [2.45, 2.75) is 30.8 Å². The molecule has 2 atom stereocenters. The molecule has 2 aromatic carbocycles. The van der Waals surface area contributed by atoms with Crippen molar-refractivity contribution in [3.05, 3.63) is 59.7 Å². The van der Waals surface area contributed by atoms with Crippen molar-refractivity contribution >= 4 is 10.8 Å². The summed E-state index contributed by atoms with van der Waals surface area (Å²) in [5.74, 6) is 0.896. The molecule has 0 aliphatic heterocycles. The number of hydrogen-bond acceptors (Lipinski definition) is 3. The lowest BCUT2D eigenvalue weighted by atomic mass is 10.1. The molecule has 0 aromatic heterocycles. The molecule has 0 radical (unpaired) electrons. The van der Waals surface area contributed by atoms with E-state index in [-0.39, 0.29) is 0 Å². The predicted octanol–water partition coefficient (Wildman–Crippen LogP) is 3.15. The van der Waals surface area contributed by atoms with Crippen LogP contribution in [0.3, 0.4) is 0 Å². The molecule has 0 bridgehead atoms. The molecule has 4 heteroatoms. The van der Waals surface area contributed by atoms with Crippen LogP contribution in [0.15, 0.2) is 53.4 Å². The summed E-state index contributed by atoms with van der Waals surface area (Å²) in [6.07, 6.45) is 2.65. The molecule has 0 saturated carbocycles. The lowest BCUT2D eigenvalue weighted by Gasteiger charge is -2.14. The van der Waals surface area contributed by atoms with Gasteiger partial charge in [0.15, 0.2) is 0 Å². The lowest BCUT2D eigenvalue weighted by molar-refractivity contribution is 0.414. The van der Waals surface area contributed by atoms with Crippen LogP contribution in [0.4, 0.5) is 0 Å². The smallest absolute Gasteiger partial charge is 0.119 e. The molecule has 0 fully saturated rings. The van der Waals surface area contributed by atoms with E-state index in [9.17, 15) is 4.21 Å². The molecular formula is C18H23NO2S. The SMILES string of the molecule is COc1cccc(C[C@@H](C)NCc2ccc([S@@](C)=O)cc2)c1. The first-order valence-corrected chi connectivity index (χ1v) is 8.93. The van der Waals surface area contributed by atoms with Crippen molar-refractivity contribution in [2.75, 3.05) is 13.4 Å². The van der Waals surface area contributed by atoms with Gasteiger partial charge in [-0.05, 0) is 48.7 Å². The van der Waals surface area contributed by atoms with E-state index in [1.54, 1.807) is 13.4 Å². The zero-order valence-corrected chi connectivity index (χ0v) is 14.2. The Bertz CT molecular complexity index is 625. The number of benzene rings is 2. The minimum Gasteiger partial charge on any atom is -0.497 e. The highest BCUT2D eigenvalue weighted by molar-refractivity contribution is 7.84. The van der Waals surface area contributed by atoms with E-state index < -0.39 is 10.8 Å². The van der Waals surface area contributed by atoms with Gasteiger partial charge in [0.2, 0.25) is 0 Å². The second-order valence-corrected chi connectivity index (χ2v) is 6.82. The summed E-state index contributed by atoms with van der Waals surface area (Å²) in [7, 11) is 0.776. The average molecular weight is 317 g/mol. The fourth-order valence-corrected chi connectivity index (χ4v) is 2.84. The van der Waals surface area contributed by atoms with Gasteiger partial charge in [0.1, 0.15) is 5.75 Å². The molecule has 1 N–H and O–H groups in total. The quantitative estimate of drug-likeness (QED) is 0.852. The van der Waals surface area contributed by atoms with Gasteiger partial charge in [0.05, 0.1) is 7.11 Å². The van der Waals surface area contributed by atoms with Gasteiger partial charge in [0, 0.05) is 34.5 Å². The van der Waals surface area contributed by atoms with Crippen molar-refractivity contribution < 1.29 is 8.95 Å². The monoisotopic (exact) mass is 317 g/mol. The highest BCUT2D eigenvalue weighted by Crippen LogP contribution is 2.14. The maximum absolute atomic E-state index is 11.4. The molecule has 0 spiro atoms. The molecule has 22 heavy (non-hydrogen) atoms. The van der Waals surface area contributed by atoms with Crippen LogP contribution in [0.2, 0.25) is 0 Å². The van der Waals surface area contributed by atoms with E-state index in [4.69, 9.17) is 4.74 Å². The standard InChI is InChI=1S/C18H23NO2S/c1-14(11-16-5-4-6-17(12-16)21-2)19-13-15-7-9-18(10-8-15)22(3)20/h4-10,12,14,19H,11,13H2,1-3H3/t14-,22-/m1/s1. The first-order valence-electron chi connectivity index (χ1n) is 7.37. The summed E-state index contributed by atoms with van der Waals surface area (Å²) < 4.78 is 16.6. The first kappa shape index (κ1) is 16.7. The number of nitrogens with one attached hydrogen (secondary N) is 1. The van der Waals surface area contributed by atoms with Gasteiger partial charge in [-0.25, -0.2) is 0 Å². The molecular weight excluding hydrogens is 294 g/mol. The zero-order valence-electron chi connectivity index (χ0n) is 13.3. The molecule has 2 aromatic rings. The zero-order chi connectivity index (χ0) is 15.9. The predicted molar refractivity (Wildman–Crippen MR) is 91.8 cm³/mol. The molecule has 0 aliphatic carbocycles. The Kier molecular flexibility index (Phi) is 6.16. The molecule has 2 rings (SSSR count). The molecule has 3 nitrogen and oxygen atoms in total. The highest BCUT2D eigenvalue weighted by atomic mass is 32.2.